The van der Waals surface area contributed by atoms with E-state index in [1.807, 2.05) is 37.3 Å². The highest BCUT2D eigenvalue weighted by Gasteiger charge is 2.49. The first kappa shape index (κ1) is 22.0. The smallest absolute Gasteiger partial charge is 0.326 e. The molecule has 1 fully saturated rings. The highest BCUT2D eigenvalue weighted by molar-refractivity contribution is 6.08. The Morgan fingerprint density at radius 1 is 1.03 bits per heavy atom. The second-order valence-electron chi connectivity index (χ2n) is 7.37. The fourth-order valence-corrected chi connectivity index (χ4v) is 3.40. The molecule has 2 aromatic carbocycles. The Hall–Kier alpha value is -3.68. The molecule has 0 radical (unpaired) electrons. The van der Waals surface area contributed by atoms with E-state index in [9.17, 15) is 19.2 Å². The molecule has 1 aliphatic heterocycles. The third-order valence-corrected chi connectivity index (χ3v) is 5.22. The molecule has 1 saturated heterocycles. The fourth-order valence-electron chi connectivity index (χ4n) is 3.40. The maximum Gasteiger partial charge on any atom is 0.326 e. The molecule has 1 heterocycles. The second kappa shape index (κ2) is 9.42. The van der Waals surface area contributed by atoms with Crippen LogP contribution in [-0.4, -0.2) is 53.3 Å². The standard InChI is InChI=1S/C23H25N3O5/c1-3-25(14-17-10-6-4-7-11-17)19(27)16-31-20(28)15-26-21(29)23(2,24-22(26)30)18-12-8-5-9-13-18/h4-13H,3,14-16H2,1-2H3,(H,24,30)/t23-/m1/s1. The average molecular weight is 423 g/mol. The molecule has 3 rings (SSSR count). The van der Waals surface area contributed by atoms with Gasteiger partial charge in [-0.15, -0.1) is 0 Å². The van der Waals surface area contributed by atoms with Crippen molar-refractivity contribution in [3.05, 3.63) is 71.8 Å². The number of carbonyl (C=O) groups excluding carboxylic acids is 4. The number of rotatable bonds is 8. The summed E-state index contributed by atoms with van der Waals surface area (Å²) >= 11 is 0. The van der Waals surface area contributed by atoms with Crippen molar-refractivity contribution in [3.8, 4) is 0 Å². The summed E-state index contributed by atoms with van der Waals surface area (Å²) in [4.78, 5) is 52.2. The number of nitrogens with one attached hydrogen (secondary N) is 1. The monoisotopic (exact) mass is 423 g/mol. The molecule has 0 aliphatic carbocycles. The number of nitrogens with zero attached hydrogens (tertiary/aromatic N) is 2. The lowest BCUT2D eigenvalue weighted by molar-refractivity contribution is -0.154. The van der Waals surface area contributed by atoms with Gasteiger partial charge in [-0.1, -0.05) is 60.7 Å². The van der Waals surface area contributed by atoms with Crippen molar-refractivity contribution in [1.29, 1.82) is 0 Å². The Bertz CT molecular complexity index is 964. The van der Waals surface area contributed by atoms with Crippen LogP contribution in [0.3, 0.4) is 0 Å². The maximum absolute atomic E-state index is 12.8. The third-order valence-electron chi connectivity index (χ3n) is 5.22. The zero-order valence-electron chi connectivity index (χ0n) is 17.5. The SMILES string of the molecule is CCN(Cc1ccccc1)C(=O)COC(=O)CN1C(=O)N[C@](C)(c2ccccc2)C1=O. The van der Waals surface area contributed by atoms with E-state index < -0.39 is 36.6 Å². The van der Waals surface area contributed by atoms with Crippen LogP contribution in [0.2, 0.25) is 0 Å². The minimum atomic E-state index is -1.26. The Balaban J connectivity index is 1.56. The molecule has 0 saturated carbocycles. The first-order valence-corrected chi connectivity index (χ1v) is 10.0. The largest absolute Gasteiger partial charge is 0.454 e. The average Bonchev–Trinajstić information content (AvgIpc) is 3.01. The van der Waals surface area contributed by atoms with E-state index in [1.54, 1.807) is 42.2 Å². The lowest BCUT2D eigenvalue weighted by Crippen LogP contribution is -2.42. The molecule has 0 aromatic heterocycles. The molecule has 162 valence electrons. The van der Waals surface area contributed by atoms with Crippen molar-refractivity contribution in [2.24, 2.45) is 0 Å². The molecule has 31 heavy (non-hydrogen) atoms. The van der Waals surface area contributed by atoms with E-state index >= 15 is 0 Å². The maximum atomic E-state index is 12.8. The molecule has 1 N–H and O–H groups in total. The number of likely N-dealkylation sites (N-methyl/N-ethyl adjacent to an activating group) is 1. The van der Waals surface area contributed by atoms with Gasteiger partial charge >= 0.3 is 12.0 Å². The molecule has 0 spiro atoms. The fraction of sp³-hybridized carbons (Fsp3) is 0.304. The molecular formula is C23H25N3O5. The van der Waals surface area contributed by atoms with Crippen molar-refractivity contribution in [1.82, 2.24) is 15.1 Å². The number of esters is 1. The van der Waals surface area contributed by atoms with Crippen LogP contribution in [0.25, 0.3) is 0 Å². The number of hydrogen-bond acceptors (Lipinski definition) is 5. The Morgan fingerprint density at radius 2 is 1.65 bits per heavy atom. The Kier molecular flexibility index (Phi) is 6.69. The summed E-state index contributed by atoms with van der Waals surface area (Å²) in [5.74, 6) is -1.73. The molecule has 1 atom stereocenters. The number of ether oxygens (including phenoxy) is 1. The predicted octanol–water partition coefficient (Wildman–Crippen LogP) is 2.05. The Labute approximate surface area is 180 Å². The van der Waals surface area contributed by atoms with E-state index in [4.69, 9.17) is 4.74 Å². The van der Waals surface area contributed by atoms with Crippen LogP contribution in [0.4, 0.5) is 4.79 Å². The highest BCUT2D eigenvalue weighted by Crippen LogP contribution is 2.28. The van der Waals surface area contributed by atoms with Crippen LogP contribution in [0.1, 0.15) is 25.0 Å². The lowest BCUT2D eigenvalue weighted by atomic mass is 9.92. The van der Waals surface area contributed by atoms with Gasteiger partial charge in [-0.3, -0.25) is 19.3 Å². The summed E-state index contributed by atoms with van der Waals surface area (Å²) in [6.45, 7) is 3.24. The van der Waals surface area contributed by atoms with Gasteiger partial charge in [0.2, 0.25) is 0 Å². The summed E-state index contributed by atoms with van der Waals surface area (Å²) in [6.07, 6.45) is 0. The molecule has 0 bridgehead atoms. The van der Waals surface area contributed by atoms with Crippen LogP contribution >= 0.6 is 0 Å². The first-order chi connectivity index (χ1) is 14.8. The summed E-state index contributed by atoms with van der Waals surface area (Å²) in [7, 11) is 0. The molecule has 2 aromatic rings. The molecule has 1 aliphatic rings. The van der Waals surface area contributed by atoms with Gasteiger partial charge in [-0.25, -0.2) is 4.79 Å². The van der Waals surface area contributed by atoms with E-state index in [0.717, 1.165) is 10.5 Å². The summed E-state index contributed by atoms with van der Waals surface area (Å²) in [6, 6.07) is 17.6. The number of carbonyl (C=O) groups is 4. The van der Waals surface area contributed by atoms with Crippen LogP contribution in [0.5, 0.6) is 0 Å². The minimum Gasteiger partial charge on any atom is -0.454 e. The van der Waals surface area contributed by atoms with Crippen LogP contribution in [0.15, 0.2) is 60.7 Å². The third kappa shape index (κ3) is 4.91. The summed E-state index contributed by atoms with van der Waals surface area (Å²) in [5, 5.41) is 2.63. The van der Waals surface area contributed by atoms with Crippen LogP contribution < -0.4 is 5.32 Å². The van der Waals surface area contributed by atoms with Gasteiger partial charge in [-0.05, 0) is 25.0 Å². The van der Waals surface area contributed by atoms with Crippen molar-refractivity contribution < 1.29 is 23.9 Å². The van der Waals surface area contributed by atoms with E-state index in [0.29, 0.717) is 18.7 Å². The van der Waals surface area contributed by atoms with Crippen molar-refractivity contribution in [2.75, 3.05) is 19.7 Å². The molecule has 4 amide bonds. The van der Waals surface area contributed by atoms with Gasteiger partial charge in [0, 0.05) is 13.1 Å². The Morgan fingerprint density at radius 3 is 2.26 bits per heavy atom. The second-order valence-corrected chi connectivity index (χ2v) is 7.37. The number of amides is 4. The lowest BCUT2D eigenvalue weighted by Gasteiger charge is -2.22. The minimum absolute atomic E-state index is 0.356. The summed E-state index contributed by atoms with van der Waals surface area (Å²) in [5.41, 5.74) is 0.311. The van der Waals surface area contributed by atoms with Gasteiger partial charge in [-0.2, -0.15) is 0 Å². The van der Waals surface area contributed by atoms with Crippen molar-refractivity contribution in [2.45, 2.75) is 25.9 Å². The molecule has 8 heteroatoms. The van der Waals surface area contributed by atoms with Gasteiger partial charge in [0.1, 0.15) is 12.1 Å². The zero-order chi connectivity index (χ0) is 22.4. The van der Waals surface area contributed by atoms with Gasteiger partial charge in [0.05, 0.1) is 0 Å². The van der Waals surface area contributed by atoms with Crippen molar-refractivity contribution in [3.63, 3.8) is 0 Å². The van der Waals surface area contributed by atoms with E-state index in [1.165, 1.54) is 0 Å². The van der Waals surface area contributed by atoms with Crippen LogP contribution in [0, 0.1) is 0 Å². The zero-order valence-corrected chi connectivity index (χ0v) is 17.5. The number of urea groups is 1. The van der Waals surface area contributed by atoms with Crippen LogP contribution in [-0.2, 0) is 31.2 Å². The van der Waals surface area contributed by atoms with E-state index in [2.05, 4.69) is 5.32 Å². The predicted molar refractivity (Wildman–Crippen MR) is 113 cm³/mol. The van der Waals surface area contributed by atoms with Crippen molar-refractivity contribution >= 4 is 23.8 Å². The molecule has 8 nitrogen and oxygen atoms in total. The van der Waals surface area contributed by atoms with Gasteiger partial charge in [0.25, 0.3) is 11.8 Å². The summed E-state index contributed by atoms with van der Waals surface area (Å²) < 4.78 is 5.05. The topological polar surface area (TPSA) is 96.0 Å². The highest BCUT2D eigenvalue weighted by atomic mass is 16.5. The molecular weight excluding hydrogens is 398 g/mol. The quantitative estimate of drug-likeness (QED) is 0.518. The van der Waals surface area contributed by atoms with Gasteiger partial charge < -0.3 is 15.0 Å². The van der Waals surface area contributed by atoms with Gasteiger partial charge in [0.15, 0.2) is 6.61 Å². The van der Waals surface area contributed by atoms with E-state index in [-0.39, 0.29) is 5.91 Å². The number of imide groups is 1. The normalized spacial score (nSPS) is 17.9. The first-order valence-electron chi connectivity index (χ1n) is 10.0. The number of benzene rings is 2. The number of hydrogen-bond donors (Lipinski definition) is 1. The molecule has 0 unspecified atom stereocenters.